The lowest BCUT2D eigenvalue weighted by Gasteiger charge is -2.38. The highest BCUT2D eigenvalue weighted by Crippen LogP contribution is 2.28. The lowest BCUT2D eigenvalue weighted by molar-refractivity contribution is -0.135. The van der Waals surface area contributed by atoms with Gasteiger partial charge in [0.05, 0.1) is 16.8 Å². The Morgan fingerprint density at radius 1 is 1.15 bits per heavy atom. The van der Waals surface area contributed by atoms with Gasteiger partial charge in [0.25, 0.3) is 0 Å². The number of aromatic nitrogens is 2. The lowest BCUT2D eigenvalue weighted by atomic mass is 9.92. The van der Waals surface area contributed by atoms with Gasteiger partial charge in [-0.3, -0.25) is 9.69 Å². The molecule has 0 aliphatic carbocycles. The van der Waals surface area contributed by atoms with Gasteiger partial charge < -0.3 is 9.80 Å². The number of carbonyl (C=O) groups is 1. The molecule has 0 aromatic carbocycles. The molecule has 2 aromatic heterocycles. The smallest absolute Gasteiger partial charge is 0.236 e. The van der Waals surface area contributed by atoms with E-state index in [4.69, 9.17) is 0 Å². The molecule has 2 atom stereocenters. The van der Waals surface area contributed by atoms with Crippen LogP contribution in [0.4, 0.5) is 5.82 Å². The van der Waals surface area contributed by atoms with Gasteiger partial charge in [-0.2, -0.15) is 0 Å². The SMILES string of the molecule is CC1CC(C)CN(C(=O)CN2CCN(c3ncnc4ccsc34)CC2)C1. The predicted octanol–water partition coefficient (Wildman–Crippen LogP) is 2.32. The van der Waals surface area contributed by atoms with E-state index in [9.17, 15) is 4.79 Å². The molecule has 1 amide bonds. The van der Waals surface area contributed by atoms with Gasteiger partial charge in [0.2, 0.25) is 5.91 Å². The second-order valence-electron chi connectivity index (χ2n) is 7.84. The summed E-state index contributed by atoms with van der Waals surface area (Å²) in [6.45, 7) is 10.5. The van der Waals surface area contributed by atoms with Crippen LogP contribution in [-0.4, -0.2) is 71.5 Å². The highest BCUT2D eigenvalue weighted by Gasteiger charge is 2.28. The molecule has 0 spiro atoms. The van der Waals surface area contributed by atoms with Crippen LogP contribution < -0.4 is 4.90 Å². The van der Waals surface area contributed by atoms with E-state index in [0.29, 0.717) is 24.3 Å². The number of thiophene rings is 1. The van der Waals surface area contributed by atoms with Crippen LogP contribution in [0.2, 0.25) is 0 Å². The molecular weight excluding hydrogens is 346 g/mol. The van der Waals surface area contributed by atoms with Crippen LogP contribution >= 0.6 is 11.3 Å². The number of fused-ring (bicyclic) bond motifs is 1. The molecule has 26 heavy (non-hydrogen) atoms. The maximum absolute atomic E-state index is 12.7. The van der Waals surface area contributed by atoms with Crippen molar-refractivity contribution >= 4 is 33.3 Å². The van der Waals surface area contributed by atoms with Gasteiger partial charge in [0, 0.05) is 39.3 Å². The molecule has 2 aliphatic rings. The molecule has 140 valence electrons. The lowest BCUT2D eigenvalue weighted by Crippen LogP contribution is -2.52. The normalized spacial score (nSPS) is 25.0. The van der Waals surface area contributed by atoms with E-state index < -0.39 is 0 Å². The van der Waals surface area contributed by atoms with Crippen molar-refractivity contribution in [2.75, 3.05) is 50.7 Å². The van der Waals surface area contributed by atoms with Crippen molar-refractivity contribution in [3.63, 3.8) is 0 Å². The topological polar surface area (TPSA) is 52.6 Å². The minimum absolute atomic E-state index is 0.291. The van der Waals surface area contributed by atoms with E-state index in [0.717, 1.165) is 55.3 Å². The Hall–Kier alpha value is -1.73. The third-order valence-electron chi connectivity index (χ3n) is 5.48. The van der Waals surface area contributed by atoms with Crippen LogP contribution in [0.3, 0.4) is 0 Å². The fraction of sp³-hybridized carbons (Fsp3) is 0.632. The number of carbonyl (C=O) groups excluding carboxylic acids is 1. The Morgan fingerprint density at radius 3 is 2.62 bits per heavy atom. The van der Waals surface area contributed by atoms with Gasteiger partial charge in [-0.15, -0.1) is 11.3 Å². The molecular formula is C19H27N5OS. The van der Waals surface area contributed by atoms with Crippen molar-refractivity contribution in [3.8, 4) is 0 Å². The molecule has 0 saturated carbocycles. The first-order chi connectivity index (χ1) is 12.6. The van der Waals surface area contributed by atoms with Crippen LogP contribution in [0.25, 0.3) is 10.2 Å². The number of rotatable bonds is 3. The van der Waals surface area contributed by atoms with E-state index in [2.05, 4.69) is 43.9 Å². The third kappa shape index (κ3) is 3.69. The summed E-state index contributed by atoms with van der Waals surface area (Å²) in [5.74, 6) is 2.56. The Balaban J connectivity index is 1.34. The van der Waals surface area contributed by atoms with Crippen molar-refractivity contribution in [3.05, 3.63) is 17.8 Å². The monoisotopic (exact) mass is 373 g/mol. The zero-order valence-corrected chi connectivity index (χ0v) is 16.4. The van der Waals surface area contributed by atoms with Crippen LogP contribution in [0.15, 0.2) is 17.8 Å². The second kappa shape index (κ2) is 7.48. The average Bonchev–Trinajstić information content (AvgIpc) is 3.10. The summed E-state index contributed by atoms with van der Waals surface area (Å²) < 4.78 is 1.16. The molecule has 4 rings (SSSR count). The highest BCUT2D eigenvalue weighted by molar-refractivity contribution is 7.17. The zero-order chi connectivity index (χ0) is 18.1. The van der Waals surface area contributed by atoms with E-state index >= 15 is 0 Å². The van der Waals surface area contributed by atoms with E-state index in [1.165, 1.54) is 6.42 Å². The largest absolute Gasteiger partial charge is 0.353 e. The quantitative estimate of drug-likeness (QED) is 0.826. The molecule has 2 fully saturated rings. The minimum Gasteiger partial charge on any atom is -0.353 e. The highest BCUT2D eigenvalue weighted by atomic mass is 32.1. The number of likely N-dealkylation sites (tertiary alicyclic amines) is 1. The van der Waals surface area contributed by atoms with E-state index in [1.807, 2.05) is 6.07 Å². The first kappa shape index (κ1) is 17.7. The van der Waals surface area contributed by atoms with Crippen LogP contribution in [-0.2, 0) is 4.79 Å². The van der Waals surface area contributed by atoms with Crippen molar-refractivity contribution in [1.82, 2.24) is 19.8 Å². The number of piperidine rings is 1. The summed E-state index contributed by atoms with van der Waals surface area (Å²) in [6.07, 6.45) is 2.89. The summed E-state index contributed by atoms with van der Waals surface area (Å²) in [6, 6.07) is 2.04. The van der Waals surface area contributed by atoms with Crippen LogP contribution in [0.1, 0.15) is 20.3 Å². The molecule has 2 unspecified atom stereocenters. The van der Waals surface area contributed by atoms with E-state index in [-0.39, 0.29) is 0 Å². The number of nitrogens with zero attached hydrogens (tertiary/aromatic N) is 5. The second-order valence-corrected chi connectivity index (χ2v) is 8.76. The minimum atomic E-state index is 0.291. The van der Waals surface area contributed by atoms with Crippen LogP contribution in [0, 0.1) is 11.8 Å². The first-order valence-electron chi connectivity index (χ1n) is 9.53. The molecule has 2 aliphatic heterocycles. The Bertz CT molecular complexity index is 760. The summed E-state index contributed by atoms with van der Waals surface area (Å²) >= 11 is 1.70. The van der Waals surface area contributed by atoms with Crippen molar-refractivity contribution in [1.29, 1.82) is 0 Å². The molecule has 0 bridgehead atoms. The summed E-state index contributed by atoms with van der Waals surface area (Å²) in [5.41, 5.74) is 1.02. The summed E-state index contributed by atoms with van der Waals surface area (Å²) in [5, 5.41) is 2.07. The average molecular weight is 374 g/mol. The Morgan fingerprint density at radius 2 is 1.88 bits per heavy atom. The third-order valence-corrected chi connectivity index (χ3v) is 6.38. The zero-order valence-electron chi connectivity index (χ0n) is 15.6. The fourth-order valence-corrected chi connectivity index (χ4v) is 5.14. The maximum atomic E-state index is 12.7. The predicted molar refractivity (Wildman–Crippen MR) is 106 cm³/mol. The van der Waals surface area contributed by atoms with Crippen molar-refractivity contribution < 1.29 is 4.79 Å². The molecule has 7 heteroatoms. The molecule has 2 saturated heterocycles. The number of anilines is 1. The van der Waals surface area contributed by atoms with Crippen molar-refractivity contribution in [2.24, 2.45) is 11.8 Å². The van der Waals surface area contributed by atoms with Crippen LogP contribution in [0.5, 0.6) is 0 Å². The first-order valence-corrected chi connectivity index (χ1v) is 10.4. The number of piperazine rings is 1. The van der Waals surface area contributed by atoms with Gasteiger partial charge in [-0.1, -0.05) is 13.8 Å². The summed E-state index contributed by atoms with van der Waals surface area (Å²) in [7, 11) is 0. The molecule has 6 nitrogen and oxygen atoms in total. The molecule has 0 radical (unpaired) electrons. The van der Waals surface area contributed by atoms with Gasteiger partial charge in [-0.05, 0) is 29.7 Å². The van der Waals surface area contributed by atoms with Gasteiger partial charge in [0.15, 0.2) is 0 Å². The van der Waals surface area contributed by atoms with Crippen molar-refractivity contribution in [2.45, 2.75) is 20.3 Å². The molecule has 0 N–H and O–H groups in total. The number of amides is 1. The number of hydrogen-bond acceptors (Lipinski definition) is 6. The van der Waals surface area contributed by atoms with Gasteiger partial charge in [0.1, 0.15) is 12.1 Å². The van der Waals surface area contributed by atoms with Gasteiger partial charge in [-0.25, -0.2) is 9.97 Å². The fourth-order valence-electron chi connectivity index (χ4n) is 4.28. The molecule has 4 heterocycles. The Labute approximate surface area is 158 Å². The molecule has 2 aromatic rings. The maximum Gasteiger partial charge on any atom is 0.236 e. The standard InChI is InChI=1S/C19H27N5OS/c1-14-9-15(2)11-24(10-14)17(25)12-22-4-6-23(7-5-22)19-18-16(3-8-26-18)20-13-21-19/h3,8,13-15H,4-7,9-12H2,1-2H3. The number of hydrogen-bond donors (Lipinski definition) is 0. The summed E-state index contributed by atoms with van der Waals surface area (Å²) in [4.78, 5) is 28.2. The Kier molecular flexibility index (Phi) is 5.09. The van der Waals surface area contributed by atoms with Gasteiger partial charge >= 0.3 is 0 Å². The van der Waals surface area contributed by atoms with E-state index in [1.54, 1.807) is 17.7 Å².